The lowest BCUT2D eigenvalue weighted by Crippen LogP contribution is -2.45. The van der Waals surface area contributed by atoms with Gasteiger partial charge in [-0.3, -0.25) is 4.79 Å². The number of hydrogen-bond acceptors (Lipinski definition) is 3. The van der Waals surface area contributed by atoms with E-state index in [9.17, 15) is 9.90 Å². The lowest BCUT2D eigenvalue weighted by molar-refractivity contribution is -0.137. The summed E-state index contributed by atoms with van der Waals surface area (Å²) in [5.41, 5.74) is 1.38. The van der Waals surface area contributed by atoms with Crippen molar-refractivity contribution in [3.63, 3.8) is 0 Å². The van der Waals surface area contributed by atoms with Gasteiger partial charge in [0, 0.05) is 18.4 Å². The average Bonchev–Trinajstić information content (AvgIpc) is 3.06. The van der Waals surface area contributed by atoms with Gasteiger partial charge in [-0.15, -0.1) is 0 Å². The van der Waals surface area contributed by atoms with E-state index in [0.717, 1.165) is 32.1 Å². The topological polar surface area (TPSA) is 66.8 Å². The van der Waals surface area contributed by atoms with Gasteiger partial charge in [0.1, 0.15) is 0 Å². The Morgan fingerprint density at radius 2 is 1.91 bits per heavy atom. The number of aliphatic hydroxyl groups excluding tert-OH is 1. The first-order chi connectivity index (χ1) is 15.4. The highest BCUT2D eigenvalue weighted by atomic mass is 28.4. The molecule has 0 saturated heterocycles. The zero-order chi connectivity index (χ0) is 25.1. The molecule has 0 aromatic heterocycles. The number of carboxylic acid groups (broad SMARTS) is 1. The van der Waals surface area contributed by atoms with E-state index in [0.29, 0.717) is 12.3 Å². The van der Waals surface area contributed by atoms with Gasteiger partial charge in [0.05, 0.1) is 6.10 Å². The molecule has 0 aromatic rings. The molecule has 2 unspecified atom stereocenters. The van der Waals surface area contributed by atoms with Crippen LogP contribution in [-0.2, 0) is 9.22 Å². The molecule has 0 aromatic carbocycles. The van der Waals surface area contributed by atoms with E-state index in [1.54, 1.807) is 0 Å². The van der Waals surface area contributed by atoms with Gasteiger partial charge < -0.3 is 14.6 Å². The van der Waals surface area contributed by atoms with Crippen LogP contribution in [-0.4, -0.2) is 36.7 Å². The van der Waals surface area contributed by atoms with Crippen LogP contribution in [0.3, 0.4) is 0 Å². The van der Waals surface area contributed by atoms with Crippen molar-refractivity contribution in [1.29, 1.82) is 0 Å². The van der Waals surface area contributed by atoms with Gasteiger partial charge in [0.15, 0.2) is 8.32 Å². The highest BCUT2D eigenvalue weighted by Gasteiger charge is 2.40. The molecule has 0 radical (unpaired) electrons. The SMILES string of the molecule is CCCCCC(C)C(CCC1=CC[C@H](O)[C@@H]1C/C=C\CCCC(=O)O)O[Si](C)(C)C(C)(C)C. The minimum absolute atomic E-state index is 0.185. The molecule has 1 aliphatic carbocycles. The Hall–Kier alpha value is -0.913. The van der Waals surface area contributed by atoms with Crippen molar-refractivity contribution in [3.05, 3.63) is 23.8 Å². The molecule has 0 spiro atoms. The second-order valence-electron chi connectivity index (χ2n) is 11.6. The van der Waals surface area contributed by atoms with Crippen LogP contribution in [0.25, 0.3) is 0 Å². The molecule has 0 fully saturated rings. The van der Waals surface area contributed by atoms with E-state index in [4.69, 9.17) is 9.53 Å². The third-order valence-corrected chi connectivity index (χ3v) is 12.3. The van der Waals surface area contributed by atoms with Crippen molar-refractivity contribution >= 4 is 14.3 Å². The van der Waals surface area contributed by atoms with Crippen LogP contribution in [0.15, 0.2) is 23.8 Å². The van der Waals surface area contributed by atoms with Gasteiger partial charge in [-0.25, -0.2) is 0 Å². The predicted octanol–water partition coefficient (Wildman–Crippen LogP) is 7.88. The molecule has 5 heteroatoms. The monoisotopic (exact) mass is 480 g/mol. The van der Waals surface area contributed by atoms with Gasteiger partial charge >= 0.3 is 5.97 Å². The predicted molar refractivity (Wildman–Crippen MR) is 142 cm³/mol. The summed E-state index contributed by atoms with van der Waals surface area (Å²) in [7, 11) is -1.85. The van der Waals surface area contributed by atoms with E-state index in [2.05, 4.69) is 65.9 Å². The number of allylic oxidation sites excluding steroid dienone is 2. The molecule has 2 N–H and O–H groups in total. The lowest BCUT2D eigenvalue weighted by atomic mass is 9.88. The van der Waals surface area contributed by atoms with Crippen LogP contribution in [0.2, 0.25) is 18.1 Å². The molecule has 1 rings (SSSR count). The highest BCUT2D eigenvalue weighted by Crippen LogP contribution is 2.40. The van der Waals surface area contributed by atoms with E-state index >= 15 is 0 Å². The van der Waals surface area contributed by atoms with Crippen molar-refractivity contribution in [2.45, 2.75) is 136 Å². The molecule has 4 atom stereocenters. The largest absolute Gasteiger partial charge is 0.481 e. The van der Waals surface area contributed by atoms with E-state index in [1.807, 2.05) is 0 Å². The summed E-state index contributed by atoms with van der Waals surface area (Å²) < 4.78 is 6.95. The molecule has 4 nitrogen and oxygen atoms in total. The molecule has 0 heterocycles. The second kappa shape index (κ2) is 14.5. The molecule has 0 aliphatic heterocycles. The number of unbranched alkanes of at least 4 members (excludes halogenated alkanes) is 3. The Kier molecular flexibility index (Phi) is 13.2. The number of aliphatic carboxylic acids is 1. The zero-order valence-electron chi connectivity index (χ0n) is 22.5. The standard InChI is InChI=1S/C28H52O4Si/c1-8-9-12-15-22(2)26(32-33(6,7)28(3,4)5)21-19-23-18-20-25(29)24(23)16-13-10-11-14-17-27(30)31/h10,13,18,22,24-26,29H,8-9,11-12,14-17,19-21H2,1-7H3,(H,30,31)/b13-10-/t22?,24-,25+,26?/m1/s1. The molecule has 33 heavy (non-hydrogen) atoms. The van der Waals surface area contributed by atoms with E-state index in [1.165, 1.54) is 31.3 Å². The Labute approximate surface area is 205 Å². The van der Waals surface area contributed by atoms with Crippen LogP contribution in [0.4, 0.5) is 0 Å². The number of rotatable bonds is 16. The molecule has 0 saturated carbocycles. The Morgan fingerprint density at radius 1 is 1.21 bits per heavy atom. The van der Waals surface area contributed by atoms with Gasteiger partial charge in [-0.2, -0.15) is 0 Å². The highest BCUT2D eigenvalue weighted by molar-refractivity contribution is 6.74. The van der Waals surface area contributed by atoms with Crippen molar-refractivity contribution in [2.24, 2.45) is 11.8 Å². The van der Waals surface area contributed by atoms with Crippen molar-refractivity contribution in [1.82, 2.24) is 0 Å². The third kappa shape index (κ3) is 10.9. The summed E-state index contributed by atoms with van der Waals surface area (Å²) in [5, 5.41) is 19.5. The fourth-order valence-corrected chi connectivity index (χ4v) is 5.85. The normalized spacial score (nSPS) is 21.4. The third-order valence-electron chi connectivity index (χ3n) is 7.75. The smallest absolute Gasteiger partial charge is 0.303 e. The minimum atomic E-state index is -1.85. The fraction of sp³-hybridized carbons (Fsp3) is 0.821. The maximum atomic E-state index is 10.6. The molecular formula is C28H52O4Si. The van der Waals surface area contributed by atoms with E-state index in [-0.39, 0.29) is 29.6 Å². The zero-order valence-corrected chi connectivity index (χ0v) is 23.5. The van der Waals surface area contributed by atoms with Gasteiger partial charge in [0.2, 0.25) is 0 Å². The van der Waals surface area contributed by atoms with Crippen molar-refractivity contribution in [3.8, 4) is 0 Å². The Balaban J connectivity index is 2.73. The summed E-state index contributed by atoms with van der Waals surface area (Å²) in [6.07, 6.45) is 16.7. The van der Waals surface area contributed by atoms with Crippen LogP contribution < -0.4 is 0 Å². The van der Waals surface area contributed by atoms with Crippen LogP contribution >= 0.6 is 0 Å². The van der Waals surface area contributed by atoms with Crippen LogP contribution in [0.1, 0.15) is 105 Å². The average molecular weight is 481 g/mol. The minimum Gasteiger partial charge on any atom is -0.481 e. The first kappa shape index (κ1) is 30.1. The summed E-state index contributed by atoms with van der Waals surface area (Å²) >= 11 is 0. The van der Waals surface area contributed by atoms with Crippen molar-refractivity contribution < 1.29 is 19.4 Å². The Bertz CT molecular complexity index is 632. The maximum absolute atomic E-state index is 10.6. The molecule has 0 amide bonds. The van der Waals surface area contributed by atoms with Gasteiger partial charge in [0.25, 0.3) is 0 Å². The van der Waals surface area contributed by atoms with Gasteiger partial charge in [-0.1, -0.05) is 77.7 Å². The second-order valence-corrected chi connectivity index (χ2v) is 16.4. The van der Waals surface area contributed by atoms with E-state index < -0.39 is 14.3 Å². The number of carbonyl (C=O) groups is 1. The first-order valence-corrected chi connectivity index (χ1v) is 16.2. The lowest BCUT2D eigenvalue weighted by Gasteiger charge is -2.41. The van der Waals surface area contributed by atoms with Crippen molar-refractivity contribution in [2.75, 3.05) is 0 Å². The quantitative estimate of drug-likeness (QED) is 0.134. The molecule has 0 bridgehead atoms. The molecule has 1 aliphatic rings. The fourth-order valence-electron chi connectivity index (χ4n) is 4.39. The van der Waals surface area contributed by atoms with Crippen LogP contribution in [0.5, 0.6) is 0 Å². The summed E-state index contributed by atoms with van der Waals surface area (Å²) in [6.45, 7) is 16.3. The molecular weight excluding hydrogens is 428 g/mol. The molecule has 192 valence electrons. The summed E-state index contributed by atoms with van der Waals surface area (Å²) in [6, 6.07) is 0. The Morgan fingerprint density at radius 3 is 2.52 bits per heavy atom. The first-order valence-electron chi connectivity index (χ1n) is 13.3. The number of hydrogen-bond donors (Lipinski definition) is 2. The number of carboxylic acids is 1. The van der Waals surface area contributed by atoms with Crippen LogP contribution in [0, 0.1) is 11.8 Å². The van der Waals surface area contributed by atoms with Gasteiger partial charge in [-0.05, 0) is 69.0 Å². The summed E-state index contributed by atoms with van der Waals surface area (Å²) in [5.74, 6) is -0.00643. The number of aliphatic hydroxyl groups is 1. The maximum Gasteiger partial charge on any atom is 0.303 e. The summed E-state index contributed by atoms with van der Waals surface area (Å²) in [4.78, 5) is 10.6.